The molecule has 0 saturated carbocycles. The van der Waals surface area contributed by atoms with E-state index in [9.17, 15) is 14.4 Å². The van der Waals surface area contributed by atoms with Gasteiger partial charge in [-0.05, 0) is 44.7 Å². The SMILES string of the molecule is CCC(C)(CNC(=O)CCC(=O)N1Cc2ccccc2-c2c(nnn2CCCOC)-c2ccccc21)OCCC(C)(C)C(C)=O. The first-order valence-corrected chi connectivity index (χ1v) is 15.8. The van der Waals surface area contributed by atoms with Gasteiger partial charge in [0.25, 0.3) is 0 Å². The van der Waals surface area contributed by atoms with Crippen molar-refractivity contribution < 1.29 is 23.9 Å². The van der Waals surface area contributed by atoms with Crippen LogP contribution in [0.25, 0.3) is 22.5 Å². The van der Waals surface area contributed by atoms with Gasteiger partial charge in [0.05, 0.1) is 23.5 Å². The van der Waals surface area contributed by atoms with Crippen LogP contribution in [-0.4, -0.2) is 65.1 Å². The number of carbonyl (C=O) groups excluding carboxylic acids is 3. The first-order valence-electron chi connectivity index (χ1n) is 15.8. The van der Waals surface area contributed by atoms with Gasteiger partial charge in [0.1, 0.15) is 11.5 Å². The second-order valence-electron chi connectivity index (χ2n) is 12.6. The zero-order chi connectivity index (χ0) is 32.6. The highest BCUT2D eigenvalue weighted by molar-refractivity contribution is 6.01. The minimum absolute atomic E-state index is 0.0510. The van der Waals surface area contributed by atoms with Crippen molar-refractivity contribution in [3.8, 4) is 22.5 Å². The second-order valence-corrected chi connectivity index (χ2v) is 12.6. The minimum Gasteiger partial charge on any atom is -0.385 e. The topological polar surface area (TPSA) is 116 Å². The molecule has 0 radical (unpaired) electrons. The van der Waals surface area contributed by atoms with Crippen molar-refractivity contribution in [2.24, 2.45) is 5.41 Å². The van der Waals surface area contributed by atoms with Crippen molar-refractivity contribution >= 4 is 23.3 Å². The zero-order valence-corrected chi connectivity index (χ0v) is 27.5. The number of aryl methyl sites for hydroxylation is 1. The van der Waals surface area contributed by atoms with Gasteiger partial charge in [-0.25, -0.2) is 4.68 Å². The molecule has 242 valence electrons. The van der Waals surface area contributed by atoms with Gasteiger partial charge < -0.3 is 19.7 Å². The van der Waals surface area contributed by atoms with Gasteiger partial charge in [-0.2, -0.15) is 0 Å². The third-order valence-corrected chi connectivity index (χ3v) is 8.91. The third kappa shape index (κ3) is 8.23. The standard InChI is InChI=1S/C35H47N5O5/c1-7-35(5,45-22-19-34(3,4)25(2)41)24-36-30(42)17-18-31(43)39-23-26-13-8-9-14-27(26)33-32(28-15-10-11-16-29(28)39)37-38-40(33)20-12-21-44-6/h8-11,13-16H,7,12,17-24H2,1-6H3,(H,36,42). The zero-order valence-electron chi connectivity index (χ0n) is 27.5. The van der Waals surface area contributed by atoms with Crippen LogP contribution in [0, 0.1) is 5.41 Å². The summed E-state index contributed by atoms with van der Waals surface area (Å²) in [6, 6.07) is 15.7. The Balaban J connectivity index is 1.47. The maximum atomic E-state index is 13.8. The lowest BCUT2D eigenvalue weighted by atomic mass is 9.85. The van der Waals surface area contributed by atoms with Crippen LogP contribution in [0.15, 0.2) is 48.5 Å². The number of nitrogens with one attached hydrogen (secondary N) is 1. The fourth-order valence-corrected chi connectivity index (χ4v) is 5.29. The fraction of sp³-hybridized carbons (Fsp3) is 0.514. The number of aromatic nitrogens is 3. The summed E-state index contributed by atoms with van der Waals surface area (Å²) < 4.78 is 13.3. The molecule has 0 aliphatic carbocycles. The Morgan fingerprint density at radius 2 is 1.69 bits per heavy atom. The number of amides is 2. The largest absolute Gasteiger partial charge is 0.385 e. The molecule has 10 heteroatoms. The number of rotatable bonds is 15. The number of nitrogens with zero attached hydrogens (tertiary/aromatic N) is 4. The molecule has 45 heavy (non-hydrogen) atoms. The number of benzene rings is 2. The number of ether oxygens (including phenoxy) is 2. The molecule has 2 amide bonds. The van der Waals surface area contributed by atoms with E-state index in [-0.39, 0.29) is 30.4 Å². The predicted molar refractivity (Wildman–Crippen MR) is 175 cm³/mol. The van der Waals surface area contributed by atoms with Gasteiger partial charge in [-0.15, -0.1) is 5.10 Å². The van der Waals surface area contributed by atoms with Crippen molar-refractivity contribution in [1.29, 1.82) is 0 Å². The Bertz CT molecular complexity index is 1500. The first-order chi connectivity index (χ1) is 21.5. The van der Waals surface area contributed by atoms with Gasteiger partial charge in [-0.3, -0.25) is 14.4 Å². The molecule has 1 aliphatic heterocycles. The lowest BCUT2D eigenvalue weighted by Crippen LogP contribution is -2.43. The van der Waals surface area contributed by atoms with E-state index < -0.39 is 11.0 Å². The number of methoxy groups -OCH3 is 1. The number of hydrogen-bond donors (Lipinski definition) is 1. The fourth-order valence-electron chi connectivity index (χ4n) is 5.29. The Labute approximate surface area is 266 Å². The van der Waals surface area contributed by atoms with Crippen LogP contribution in [0.4, 0.5) is 5.69 Å². The number of anilines is 1. The number of para-hydroxylation sites is 1. The molecule has 1 aromatic heterocycles. The summed E-state index contributed by atoms with van der Waals surface area (Å²) in [5.41, 5.74) is 4.13. The molecule has 2 aromatic carbocycles. The summed E-state index contributed by atoms with van der Waals surface area (Å²) in [6.45, 7) is 11.8. The van der Waals surface area contributed by atoms with Crippen LogP contribution in [0.3, 0.4) is 0 Å². The van der Waals surface area contributed by atoms with Crippen LogP contribution in [0.1, 0.15) is 72.3 Å². The summed E-state index contributed by atoms with van der Waals surface area (Å²) >= 11 is 0. The van der Waals surface area contributed by atoms with Crippen molar-refractivity contribution in [3.63, 3.8) is 0 Å². The van der Waals surface area contributed by atoms with E-state index in [0.29, 0.717) is 45.7 Å². The number of fused-ring (bicyclic) bond motifs is 5. The molecule has 0 bridgehead atoms. The molecular weight excluding hydrogens is 570 g/mol. The summed E-state index contributed by atoms with van der Waals surface area (Å²) in [5.74, 6) is -0.236. The Morgan fingerprint density at radius 3 is 2.40 bits per heavy atom. The Hall–Kier alpha value is -3.89. The van der Waals surface area contributed by atoms with Crippen LogP contribution in [-0.2, 0) is 36.9 Å². The molecule has 1 N–H and O–H groups in total. The molecule has 1 aliphatic rings. The summed E-state index contributed by atoms with van der Waals surface area (Å²) in [7, 11) is 1.68. The highest BCUT2D eigenvalue weighted by Gasteiger charge is 2.30. The molecule has 0 spiro atoms. The molecule has 1 atom stereocenters. The lowest BCUT2D eigenvalue weighted by Gasteiger charge is -2.31. The summed E-state index contributed by atoms with van der Waals surface area (Å²) in [6.07, 6.45) is 2.19. The maximum absolute atomic E-state index is 13.8. The molecule has 0 saturated heterocycles. The van der Waals surface area contributed by atoms with Gasteiger partial charge in [0.15, 0.2) is 0 Å². The predicted octanol–water partition coefficient (Wildman–Crippen LogP) is 5.58. The van der Waals surface area contributed by atoms with Crippen LogP contribution in [0.5, 0.6) is 0 Å². The summed E-state index contributed by atoms with van der Waals surface area (Å²) in [5, 5.41) is 12.0. The number of hydrogen-bond acceptors (Lipinski definition) is 7. The van der Waals surface area contributed by atoms with Gasteiger partial charge in [0.2, 0.25) is 11.8 Å². The highest BCUT2D eigenvalue weighted by atomic mass is 16.5. The highest BCUT2D eigenvalue weighted by Crippen LogP contribution is 2.41. The van der Waals surface area contributed by atoms with E-state index in [0.717, 1.165) is 40.2 Å². The van der Waals surface area contributed by atoms with E-state index in [2.05, 4.69) is 15.6 Å². The van der Waals surface area contributed by atoms with E-state index in [1.807, 2.05) is 80.9 Å². The number of Topliss-reactive ketones (excluding diaryl/α,β-unsaturated/α-hetero) is 1. The van der Waals surface area contributed by atoms with Gasteiger partial charge >= 0.3 is 0 Å². The third-order valence-electron chi connectivity index (χ3n) is 8.91. The first kappa shape index (κ1) is 34.0. The van der Waals surface area contributed by atoms with E-state index in [1.165, 1.54) is 0 Å². The monoisotopic (exact) mass is 617 g/mol. The smallest absolute Gasteiger partial charge is 0.227 e. The number of carbonyl (C=O) groups is 3. The summed E-state index contributed by atoms with van der Waals surface area (Å²) in [4.78, 5) is 40.4. The maximum Gasteiger partial charge on any atom is 0.227 e. The lowest BCUT2D eigenvalue weighted by molar-refractivity contribution is -0.128. The van der Waals surface area contributed by atoms with Crippen molar-refractivity contribution in [2.75, 3.05) is 31.8 Å². The molecule has 2 heterocycles. The normalized spacial score (nSPS) is 14.0. The Morgan fingerprint density at radius 1 is 0.978 bits per heavy atom. The molecule has 3 aromatic rings. The van der Waals surface area contributed by atoms with E-state index >= 15 is 0 Å². The molecular formula is C35H47N5O5. The van der Waals surface area contributed by atoms with Crippen molar-refractivity contribution in [3.05, 3.63) is 54.1 Å². The molecule has 0 fully saturated rings. The molecule has 10 nitrogen and oxygen atoms in total. The van der Waals surface area contributed by atoms with Gasteiger partial charge in [0, 0.05) is 62.8 Å². The average Bonchev–Trinajstić information content (AvgIpc) is 3.43. The second kappa shape index (κ2) is 14.9. The molecule has 4 rings (SSSR count). The number of ketones is 1. The van der Waals surface area contributed by atoms with Crippen molar-refractivity contribution in [1.82, 2.24) is 20.3 Å². The van der Waals surface area contributed by atoms with Crippen LogP contribution in [0.2, 0.25) is 0 Å². The Kier molecular flexibility index (Phi) is 11.3. The van der Waals surface area contributed by atoms with E-state index in [1.54, 1.807) is 18.9 Å². The van der Waals surface area contributed by atoms with Crippen molar-refractivity contribution in [2.45, 2.75) is 85.4 Å². The van der Waals surface area contributed by atoms with Crippen LogP contribution >= 0.6 is 0 Å². The quantitative estimate of drug-likeness (QED) is 0.221. The average molecular weight is 618 g/mol. The van der Waals surface area contributed by atoms with E-state index in [4.69, 9.17) is 9.47 Å². The molecule has 1 unspecified atom stereocenters. The van der Waals surface area contributed by atoms with Gasteiger partial charge in [-0.1, -0.05) is 68.4 Å². The van der Waals surface area contributed by atoms with Crippen LogP contribution < -0.4 is 10.2 Å². The minimum atomic E-state index is -0.572.